The van der Waals surface area contributed by atoms with Gasteiger partial charge in [-0.2, -0.15) is 0 Å². The molecule has 4 aromatic rings. The molecule has 0 heterocycles. The molecule has 0 amide bonds. The van der Waals surface area contributed by atoms with Gasteiger partial charge in [0.2, 0.25) is 0 Å². The Morgan fingerprint density at radius 3 is 2.14 bits per heavy atom. The third kappa shape index (κ3) is 5.49. The molecular weight excluding hydrogens is 478 g/mol. The van der Waals surface area contributed by atoms with E-state index >= 15 is 0 Å². The lowest BCUT2D eigenvalue weighted by Crippen LogP contribution is -2.02. The predicted octanol–water partition coefficient (Wildman–Crippen LogP) is 7.65. The van der Waals surface area contributed by atoms with Crippen molar-refractivity contribution < 1.29 is 31.1 Å². The number of halogens is 6. The van der Waals surface area contributed by atoms with Gasteiger partial charge in [-0.25, -0.2) is 26.3 Å². The topological polar surface area (TPSA) is 9.23 Å². The maximum atomic E-state index is 14.6. The normalized spacial score (nSPS) is 10.9. The Kier molecular flexibility index (Phi) is 7.54. The summed E-state index contributed by atoms with van der Waals surface area (Å²) in [5.41, 5.74) is 0.854. The quantitative estimate of drug-likeness (QED) is 0.151. The molecule has 0 aromatic heterocycles. The molecule has 0 atom stereocenters. The second kappa shape index (κ2) is 10.8. The van der Waals surface area contributed by atoms with Crippen molar-refractivity contribution in [1.29, 1.82) is 0 Å². The number of ether oxygens (including phenoxy) is 1. The van der Waals surface area contributed by atoms with Crippen LogP contribution >= 0.6 is 0 Å². The van der Waals surface area contributed by atoms with Gasteiger partial charge in [-0.3, -0.25) is 0 Å². The summed E-state index contributed by atoms with van der Waals surface area (Å²) in [7, 11) is 0. The van der Waals surface area contributed by atoms with Crippen molar-refractivity contribution in [2.24, 2.45) is 0 Å². The van der Waals surface area contributed by atoms with Gasteiger partial charge in [0, 0.05) is 28.6 Å². The lowest BCUT2D eigenvalue weighted by Gasteiger charge is -2.10. The lowest BCUT2D eigenvalue weighted by atomic mass is 10.0. The molecule has 184 valence electrons. The number of benzene rings is 4. The molecule has 7 heteroatoms. The minimum Gasteiger partial charge on any atom is -0.493 e. The summed E-state index contributed by atoms with van der Waals surface area (Å²) in [6, 6.07) is 11.5. The van der Waals surface area contributed by atoms with Gasteiger partial charge in [-0.1, -0.05) is 30.9 Å². The summed E-state index contributed by atoms with van der Waals surface area (Å²) in [6.07, 6.45) is 0.938. The zero-order valence-electron chi connectivity index (χ0n) is 19.2. The molecule has 0 radical (unpaired) electrons. The Morgan fingerprint density at radius 1 is 0.694 bits per heavy atom. The minimum absolute atomic E-state index is 0.0288. The Morgan fingerprint density at radius 2 is 1.44 bits per heavy atom. The molecule has 0 aliphatic rings. The maximum Gasteiger partial charge on any atom is 0.195 e. The fourth-order valence-corrected chi connectivity index (χ4v) is 3.73. The van der Waals surface area contributed by atoms with E-state index in [0.29, 0.717) is 24.2 Å². The fraction of sp³-hybridized carbons (Fsp3) is 0.172. The average molecular weight is 498 g/mol. The standard InChI is InChI=1S/C29H20F6O/c1-2-11-36-21-15-25(31)23(26(32)16-21)10-6-18-4-8-19(24(30)13-18)7-3-17-5-9-22-20(12-17)14-27(33)29(35)28(22)34/h4-5,8-9,12-16H,2,6,10-11H2,1H3. The predicted molar refractivity (Wildman–Crippen MR) is 126 cm³/mol. The van der Waals surface area contributed by atoms with E-state index in [4.69, 9.17) is 4.74 Å². The van der Waals surface area contributed by atoms with Crippen LogP contribution in [0.1, 0.15) is 35.6 Å². The van der Waals surface area contributed by atoms with Crippen molar-refractivity contribution in [3.63, 3.8) is 0 Å². The first-order valence-electron chi connectivity index (χ1n) is 11.2. The third-order valence-corrected chi connectivity index (χ3v) is 5.60. The van der Waals surface area contributed by atoms with Crippen molar-refractivity contribution in [3.05, 3.63) is 112 Å². The number of fused-ring (bicyclic) bond motifs is 1. The second-order valence-corrected chi connectivity index (χ2v) is 8.20. The maximum absolute atomic E-state index is 14.6. The van der Waals surface area contributed by atoms with Gasteiger partial charge < -0.3 is 4.74 Å². The summed E-state index contributed by atoms with van der Waals surface area (Å²) in [5.74, 6) is -0.710. The zero-order valence-corrected chi connectivity index (χ0v) is 19.2. The first kappa shape index (κ1) is 25.2. The molecule has 4 rings (SSSR count). The number of hydrogen-bond acceptors (Lipinski definition) is 1. The van der Waals surface area contributed by atoms with Crippen LogP contribution in [0.5, 0.6) is 5.75 Å². The van der Waals surface area contributed by atoms with Crippen LogP contribution in [0.2, 0.25) is 0 Å². The Balaban J connectivity index is 1.49. The highest BCUT2D eigenvalue weighted by molar-refractivity contribution is 5.84. The highest BCUT2D eigenvalue weighted by atomic mass is 19.2. The van der Waals surface area contributed by atoms with Crippen molar-refractivity contribution in [2.75, 3.05) is 6.61 Å². The van der Waals surface area contributed by atoms with E-state index in [9.17, 15) is 26.3 Å². The molecule has 0 aliphatic heterocycles. The van der Waals surface area contributed by atoms with Crippen LogP contribution in [-0.4, -0.2) is 6.61 Å². The van der Waals surface area contributed by atoms with Crippen molar-refractivity contribution in [1.82, 2.24) is 0 Å². The van der Waals surface area contributed by atoms with E-state index in [1.807, 2.05) is 6.92 Å². The van der Waals surface area contributed by atoms with E-state index in [1.54, 1.807) is 6.07 Å². The molecule has 36 heavy (non-hydrogen) atoms. The average Bonchev–Trinajstić information content (AvgIpc) is 2.85. The van der Waals surface area contributed by atoms with E-state index in [2.05, 4.69) is 11.8 Å². The zero-order chi connectivity index (χ0) is 25.8. The van der Waals surface area contributed by atoms with E-state index in [0.717, 1.165) is 18.2 Å². The molecule has 4 aromatic carbocycles. The monoisotopic (exact) mass is 498 g/mol. The van der Waals surface area contributed by atoms with Crippen LogP contribution in [0.25, 0.3) is 10.8 Å². The Hall–Kier alpha value is -3.92. The van der Waals surface area contributed by atoms with Gasteiger partial charge in [0.15, 0.2) is 17.5 Å². The SMILES string of the molecule is CCCOc1cc(F)c(CCc2ccc(C#Cc3ccc4c(F)c(F)c(F)cc4c3)c(F)c2)c(F)c1. The number of rotatable bonds is 6. The molecule has 0 aliphatic carbocycles. The molecule has 0 spiro atoms. The summed E-state index contributed by atoms with van der Waals surface area (Å²) in [5, 5.41) is 0.0319. The largest absolute Gasteiger partial charge is 0.493 e. The molecule has 0 saturated carbocycles. The van der Waals surface area contributed by atoms with Crippen LogP contribution in [-0.2, 0) is 12.8 Å². The third-order valence-electron chi connectivity index (χ3n) is 5.60. The van der Waals surface area contributed by atoms with Gasteiger partial charge >= 0.3 is 0 Å². The van der Waals surface area contributed by atoms with Gasteiger partial charge in [-0.15, -0.1) is 0 Å². The van der Waals surface area contributed by atoms with Crippen molar-refractivity contribution in [2.45, 2.75) is 26.2 Å². The van der Waals surface area contributed by atoms with Crippen LogP contribution < -0.4 is 4.74 Å². The lowest BCUT2D eigenvalue weighted by molar-refractivity contribution is 0.313. The second-order valence-electron chi connectivity index (χ2n) is 8.20. The molecule has 0 unspecified atom stereocenters. The molecule has 0 saturated heterocycles. The van der Waals surface area contributed by atoms with Crippen LogP contribution in [0.3, 0.4) is 0 Å². The fourth-order valence-electron chi connectivity index (χ4n) is 3.73. The van der Waals surface area contributed by atoms with Crippen molar-refractivity contribution in [3.8, 4) is 17.6 Å². The van der Waals surface area contributed by atoms with Crippen molar-refractivity contribution >= 4 is 10.8 Å². The Bertz CT molecular complexity index is 1480. The summed E-state index contributed by atoms with van der Waals surface area (Å²) in [6.45, 7) is 2.24. The van der Waals surface area contributed by atoms with Crippen LogP contribution in [0.4, 0.5) is 26.3 Å². The summed E-state index contributed by atoms with van der Waals surface area (Å²) < 4.78 is 89.3. The Labute approximate surface area is 204 Å². The van der Waals surface area contributed by atoms with Crippen LogP contribution in [0.15, 0.2) is 54.6 Å². The highest BCUT2D eigenvalue weighted by Gasteiger charge is 2.14. The summed E-state index contributed by atoms with van der Waals surface area (Å²) in [4.78, 5) is 0. The van der Waals surface area contributed by atoms with Gasteiger partial charge in [0.1, 0.15) is 23.2 Å². The summed E-state index contributed by atoms with van der Waals surface area (Å²) >= 11 is 0. The van der Waals surface area contributed by atoms with Gasteiger partial charge in [-0.05, 0) is 60.5 Å². The molecule has 1 nitrogen and oxygen atoms in total. The number of hydrogen-bond donors (Lipinski definition) is 0. The molecule has 0 N–H and O–H groups in total. The number of aryl methyl sites for hydroxylation is 1. The minimum atomic E-state index is -1.55. The molecule has 0 bridgehead atoms. The molecule has 0 fully saturated rings. The van der Waals surface area contributed by atoms with Gasteiger partial charge in [0.25, 0.3) is 0 Å². The van der Waals surface area contributed by atoms with Gasteiger partial charge in [0.05, 0.1) is 12.2 Å². The molecular formula is C29H20F6O. The van der Waals surface area contributed by atoms with E-state index < -0.39 is 34.9 Å². The van der Waals surface area contributed by atoms with E-state index in [-0.39, 0.29) is 40.5 Å². The first-order chi connectivity index (χ1) is 17.3. The van der Waals surface area contributed by atoms with Crippen LogP contribution in [0, 0.1) is 46.7 Å². The first-order valence-corrected chi connectivity index (χ1v) is 11.2. The highest BCUT2D eigenvalue weighted by Crippen LogP contribution is 2.25. The smallest absolute Gasteiger partial charge is 0.195 e. The van der Waals surface area contributed by atoms with E-state index in [1.165, 1.54) is 30.3 Å².